The molecule has 0 aliphatic heterocycles. The summed E-state index contributed by atoms with van der Waals surface area (Å²) in [5.74, 6) is 0.0295. The minimum absolute atomic E-state index is 0.0182. The lowest BCUT2D eigenvalue weighted by molar-refractivity contribution is -0.136. The molecule has 0 aromatic carbocycles. The van der Waals surface area contributed by atoms with Crippen LogP contribution < -0.4 is 5.73 Å². The molecule has 15 heavy (non-hydrogen) atoms. The second-order valence-corrected chi connectivity index (χ2v) is 4.25. The molecule has 0 heterocycles. The predicted molar refractivity (Wildman–Crippen MR) is 57.6 cm³/mol. The highest BCUT2D eigenvalue weighted by atomic mass is 16.4. The van der Waals surface area contributed by atoms with Crippen molar-refractivity contribution in [2.75, 3.05) is 6.54 Å². The van der Waals surface area contributed by atoms with Crippen molar-refractivity contribution in [3.05, 3.63) is 0 Å². The molecule has 1 aliphatic carbocycles. The summed E-state index contributed by atoms with van der Waals surface area (Å²) in [5.41, 5.74) is 4.85. The number of amidine groups is 1. The summed E-state index contributed by atoms with van der Waals surface area (Å²) in [6.45, 7) is 6.50. The van der Waals surface area contributed by atoms with Crippen LogP contribution in [-0.4, -0.2) is 34.4 Å². The van der Waals surface area contributed by atoms with Crippen LogP contribution in [0.3, 0.4) is 0 Å². The minimum atomic E-state index is -0.713. The summed E-state index contributed by atoms with van der Waals surface area (Å²) < 4.78 is 0. The molecule has 5 nitrogen and oxygen atoms in total. The highest BCUT2D eigenvalue weighted by Crippen LogP contribution is 2.47. The van der Waals surface area contributed by atoms with E-state index in [1.165, 1.54) is 0 Å². The fourth-order valence-electron chi connectivity index (χ4n) is 1.82. The molecule has 0 bridgehead atoms. The Kier molecular flexibility index (Phi) is 3.21. The van der Waals surface area contributed by atoms with Crippen LogP contribution in [0.25, 0.3) is 0 Å². The Hall–Kier alpha value is -1.26. The summed E-state index contributed by atoms with van der Waals surface area (Å²) in [4.78, 5) is 13.9. The van der Waals surface area contributed by atoms with Crippen molar-refractivity contribution >= 4 is 11.7 Å². The van der Waals surface area contributed by atoms with Crippen molar-refractivity contribution in [2.24, 2.45) is 16.3 Å². The van der Waals surface area contributed by atoms with Crippen molar-refractivity contribution in [1.29, 1.82) is 0 Å². The molecule has 0 spiro atoms. The van der Waals surface area contributed by atoms with Gasteiger partial charge in [0.25, 0.3) is 0 Å². The second-order valence-electron chi connectivity index (χ2n) is 4.25. The van der Waals surface area contributed by atoms with E-state index in [-0.39, 0.29) is 17.8 Å². The van der Waals surface area contributed by atoms with E-state index in [4.69, 9.17) is 10.9 Å². The molecule has 1 amide bonds. The van der Waals surface area contributed by atoms with Gasteiger partial charge in [0.1, 0.15) is 5.41 Å². The molecular formula is C10H19N3O2. The van der Waals surface area contributed by atoms with E-state index in [0.717, 1.165) is 0 Å². The van der Waals surface area contributed by atoms with Gasteiger partial charge in [-0.3, -0.25) is 4.79 Å². The lowest BCUT2D eigenvalue weighted by Gasteiger charge is -2.29. The van der Waals surface area contributed by atoms with E-state index in [1.807, 2.05) is 20.8 Å². The fourth-order valence-corrected chi connectivity index (χ4v) is 1.82. The van der Waals surface area contributed by atoms with Gasteiger partial charge in [-0.15, -0.1) is 0 Å². The van der Waals surface area contributed by atoms with Gasteiger partial charge in [0.2, 0.25) is 5.91 Å². The maximum absolute atomic E-state index is 12.2. The molecule has 1 fully saturated rings. The predicted octanol–water partition coefficient (Wildman–Crippen LogP) is 0.770. The second kappa shape index (κ2) is 4.08. The van der Waals surface area contributed by atoms with Crippen LogP contribution >= 0.6 is 0 Å². The summed E-state index contributed by atoms with van der Waals surface area (Å²) in [5, 5.41) is 11.6. The van der Waals surface area contributed by atoms with Crippen LogP contribution in [0.2, 0.25) is 0 Å². The molecule has 0 saturated heterocycles. The maximum atomic E-state index is 12.2. The van der Waals surface area contributed by atoms with E-state index in [1.54, 1.807) is 4.90 Å². The number of nitrogens with two attached hydrogens (primary N) is 1. The topological polar surface area (TPSA) is 78.9 Å². The number of hydrogen-bond donors (Lipinski definition) is 2. The van der Waals surface area contributed by atoms with Gasteiger partial charge < -0.3 is 15.8 Å². The first kappa shape index (κ1) is 11.8. The number of oxime groups is 1. The van der Waals surface area contributed by atoms with E-state index in [9.17, 15) is 4.79 Å². The minimum Gasteiger partial charge on any atom is -0.409 e. The quantitative estimate of drug-likeness (QED) is 0.313. The van der Waals surface area contributed by atoms with Crippen LogP contribution in [0.1, 0.15) is 33.6 Å². The lowest BCUT2D eigenvalue weighted by atomic mass is 10.0. The van der Waals surface area contributed by atoms with E-state index < -0.39 is 5.41 Å². The third-order valence-electron chi connectivity index (χ3n) is 2.98. The number of nitrogens with zero attached hydrogens (tertiary/aromatic N) is 2. The van der Waals surface area contributed by atoms with Crippen molar-refractivity contribution in [1.82, 2.24) is 4.90 Å². The summed E-state index contributed by atoms with van der Waals surface area (Å²) in [6, 6.07) is 0.145. The number of hydrogen-bond acceptors (Lipinski definition) is 3. The summed E-state index contributed by atoms with van der Waals surface area (Å²) >= 11 is 0. The molecule has 0 radical (unpaired) electrons. The zero-order valence-corrected chi connectivity index (χ0v) is 9.53. The van der Waals surface area contributed by atoms with E-state index >= 15 is 0 Å². The molecule has 0 aromatic heterocycles. The molecule has 86 valence electrons. The molecule has 1 aliphatic rings. The van der Waals surface area contributed by atoms with Crippen LogP contribution in [0.5, 0.6) is 0 Å². The van der Waals surface area contributed by atoms with Crippen molar-refractivity contribution in [3.8, 4) is 0 Å². The van der Waals surface area contributed by atoms with Gasteiger partial charge in [-0.25, -0.2) is 0 Å². The van der Waals surface area contributed by atoms with Crippen LogP contribution in [0, 0.1) is 5.41 Å². The third-order valence-corrected chi connectivity index (χ3v) is 2.98. The zero-order valence-electron chi connectivity index (χ0n) is 9.53. The number of carbonyl (C=O) groups is 1. The average Bonchev–Trinajstić information content (AvgIpc) is 2.97. The Labute approximate surface area is 89.9 Å². The molecule has 5 heteroatoms. The summed E-state index contributed by atoms with van der Waals surface area (Å²) in [7, 11) is 0. The summed E-state index contributed by atoms with van der Waals surface area (Å²) in [6.07, 6.45) is 1.37. The van der Waals surface area contributed by atoms with Gasteiger partial charge in [0.15, 0.2) is 5.84 Å². The number of carbonyl (C=O) groups excluding carboxylic acids is 1. The normalized spacial score (nSPS) is 19.1. The first-order chi connectivity index (χ1) is 6.99. The van der Waals surface area contributed by atoms with E-state index in [0.29, 0.717) is 19.4 Å². The Morgan fingerprint density at radius 1 is 1.60 bits per heavy atom. The SMILES string of the molecule is CCN(C(=O)C1(C(N)=NO)CC1)C(C)C. The maximum Gasteiger partial charge on any atom is 0.236 e. The van der Waals surface area contributed by atoms with Crippen LogP contribution in [-0.2, 0) is 4.79 Å². The standard InChI is InChI=1S/C10H19N3O2/c1-4-13(7(2)3)9(14)10(5-6-10)8(11)12-15/h7,15H,4-6H2,1-3H3,(H2,11,12). The average molecular weight is 213 g/mol. The Morgan fingerprint density at radius 2 is 2.13 bits per heavy atom. The van der Waals surface area contributed by atoms with Gasteiger partial charge >= 0.3 is 0 Å². The molecule has 0 unspecified atom stereocenters. The molecule has 3 N–H and O–H groups in total. The first-order valence-electron chi connectivity index (χ1n) is 5.28. The third kappa shape index (κ3) is 1.91. The molecule has 1 saturated carbocycles. The molecular weight excluding hydrogens is 194 g/mol. The van der Waals surface area contributed by atoms with Gasteiger partial charge in [-0.2, -0.15) is 0 Å². The Morgan fingerprint density at radius 3 is 2.40 bits per heavy atom. The van der Waals surface area contributed by atoms with Crippen molar-refractivity contribution < 1.29 is 10.0 Å². The van der Waals surface area contributed by atoms with Crippen LogP contribution in [0.4, 0.5) is 0 Å². The monoisotopic (exact) mass is 213 g/mol. The van der Waals surface area contributed by atoms with Crippen molar-refractivity contribution in [3.63, 3.8) is 0 Å². The Balaban J connectivity index is 2.84. The number of amides is 1. The smallest absolute Gasteiger partial charge is 0.236 e. The van der Waals surface area contributed by atoms with Gasteiger partial charge in [-0.05, 0) is 33.6 Å². The molecule has 0 aromatic rings. The van der Waals surface area contributed by atoms with Crippen molar-refractivity contribution in [2.45, 2.75) is 39.7 Å². The van der Waals surface area contributed by atoms with Gasteiger partial charge in [0.05, 0.1) is 0 Å². The van der Waals surface area contributed by atoms with Gasteiger partial charge in [-0.1, -0.05) is 5.16 Å². The van der Waals surface area contributed by atoms with Crippen LogP contribution in [0.15, 0.2) is 5.16 Å². The largest absolute Gasteiger partial charge is 0.409 e. The number of rotatable bonds is 4. The van der Waals surface area contributed by atoms with E-state index in [2.05, 4.69) is 5.16 Å². The zero-order chi connectivity index (χ0) is 11.6. The Bertz CT molecular complexity index is 282. The van der Waals surface area contributed by atoms with Gasteiger partial charge in [0, 0.05) is 12.6 Å². The fraction of sp³-hybridized carbons (Fsp3) is 0.800. The molecule has 0 atom stereocenters. The highest BCUT2D eigenvalue weighted by Gasteiger charge is 2.55. The highest BCUT2D eigenvalue weighted by molar-refractivity contribution is 6.09. The molecule has 1 rings (SSSR count). The lowest BCUT2D eigenvalue weighted by Crippen LogP contribution is -2.46. The first-order valence-corrected chi connectivity index (χ1v) is 5.28.